The number of benzene rings is 1. The summed E-state index contributed by atoms with van der Waals surface area (Å²) < 4.78 is 7.09. The van der Waals surface area contributed by atoms with Crippen molar-refractivity contribution in [1.29, 1.82) is 0 Å². The number of rotatable bonds is 5. The molecular weight excluding hydrogens is 568 g/mol. The van der Waals surface area contributed by atoms with Gasteiger partial charge in [0.15, 0.2) is 5.69 Å². The third-order valence-electron chi connectivity index (χ3n) is 7.54. The lowest BCUT2D eigenvalue weighted by molar-refractivity contribution is 0.0223. The molecule has 1 aromatic carbocycles. The van der Waals surface area contributed by atoms with Crippen molar-refractivity contribution in [2.75, 3.05) is 24.5 Å². The Labute approximate surface area is 257 Å². The number of hydrogen-bond donors (Lipinski definition) is 1. The molecule has 0 spiro atoms. The average molecular weight is 607 g/mol. The molecule has 6 rings (SSSR count). The predicted molar refractivity (Wildman–Crippen MR) is 165 cm³/mol. The molecule has 3 aliphatic rings. The Bertz CT molecular complexity index is 1540. The Kier molecular flexibility index (Phi) is 8.78. The van der Waals surface area contributed by atoms with Crippen LogP contribution in [0.1, 0.15) is 85.1 Å². The van der Waals surface area contributed by atoms with Crippen molar-refractivity contribution < 1.29 is 19.1 Å². The van der Waals surface area contributed by atoms with E-state index < -0.39 is 5.60 Å². The van der Waals surface area contributed by atoms with Crippen molar-refractivity contribution in [2.24, 2.45) is 5.92 Å². The molecule has 3 aromatic rings. The van der Waals surface area contributed by atoms with Crippen LogP contribution in [0.3, 0.4) is 0 Å². The fourth-order valence-corrected chi connectivity index (χ4v) is 5.44. The highest BCUT2D eigenvalue weighted by atomic mass is 35.5. The quantitative estimate of drug-likeness (QED) is 0.406. The molecule has 228 valence electrons. The fraction of sp³-hybridized carbons (Fsp3) is 0.469. The summed E-state index contributed by atoms with van der Waals surface area (Å²) >= 11 is 6.27. The number of aromatic nitrogens is 3. The van der Waals surface area contributed by atoms with Gasteiger partial charge in [0.2, 0.25) is 0 Å². The average Bonchev–Trinajstić information content (AvgIpc) is 3.73. The van der Waals surface area contributed by atoms with Gasteiger partial charge in [-0.15, -0.1) is 0 Å². The van der Waals surface area contributed by atoms with Gasteiger partial charge < -0.3 is 15.0 Å². The number of fused-ring (bicyclic) bond motifs is 2. The Morgan fingerprint density at radius 3 is 2.56 bits per heavy atom. The van der Waals surface area contributed by atoms with E-state index in [0.29, 0.717) is 72.7 Å². The second-order valence-corrected chi connectivity index (χ2v) is 12.3. The lowest BCUT2D eigenvalue weighted by atomic mass is 10.0. The minimum Gasteiger partial charge on any atom is -0.444 e. The van der Waals surface area contributed by atoms with E-state index in [2.05, 4.69) is 15.4 Å². The smallest absolute Gasteiger partial charge is 0.410 e. The number of nitrogens with zero attached hydrogens (tertiary/aromatic N) is 5. The second kappa shape index (κ2) is 12.4. The number of carbonyl (C=O) groups is 3. The van der Waals surface area contributed by atoms with Crippen molar-refractivity contribution in [1.82, 2.24) is 25.0 Å². The van der Waals surface area contributed by atoms with E-state index in [9.17, 15) is 14.4 Å². The van der Waals surface area contributed by atoms with Crippen molar-refractivity contribution in [3.8, 4) is 5.69 Å². The molecule has 2 aliphatic heterocycles. The molecule has 1 saturated carbocycles. The van der Waals surface area contributed by atoms with Gasteiger partial charge in [-0.3, -0.25) is 14.5 Å². The summed E-state index contributed by atoms with van der Waals surface area (Å²) in [6.07, 6.45) is 4.75. The van der Waals surface area contributed by atoms with Gasteiger partial charge in [0.25, 0.3) is 11.8 Å². The number of nitrogens with one attached hydrogen (secondary N) is 1. The normalized spacial score (nSPS) is 16.1. The van der Waals surface area contributed by atoms with Crippen LogP contribution in [-0.4, -0.2) is 62.8 Å². The molecule has 2 aromatic heterocycles. The number of pyridine rings is 1. The third kappa shape index (κ3) is 6.69. The van der Waals surface area contributed by atoms with E-state index in [-0.39, 0.29) is 23.6 Å². The maximum atomic E-state index is 14.1. The first kappa shape index (κ1) is 30.5. The van der Waals surface area contributed by atoms with Crippen molar-refractivity contribution in [3.63, 3.8) is 0 Å². The summed E-state index contributed by atoms with van der Waals surface area (Å²) in [7, 11) is 0. The number of anilines is 1. The first-order valence-electron chi connectivity index (χ1n) is 15.0. The Morgan fingerprint density at radius 1 is 1.09 bits per heavy atom. The van der Waals surface area contributed by atoms with Crippen molar-refractivity contribution in [3.05, 3.63) is 69.6 Å². The molecule has 1 fully saturated rings. The van der Waals surface area contributed by atoms with Crippen molar-refractivity contribution in [2.45, 2.75) is 72.4 Å². The summed E-state index contributed by atoms with van der Waals surface area (Å²) in [5, 5.41) is 8.11. The molecule has 0 radical (unpaired) electrons. The molecule has 43 heavy (non-hydrogen) atoms. The zero-order valence-electron chi connectivity index (χ0n) is 25.4. The van der Waals surface area contributed by atoms with Crippen LogP contribution in [0.4, 0.5) is 10.6 Å². The third-order valence-corrected chi connectivity index (χ3v) is 7.78. The van der Waals surface area contributed by atoms with E-state index >= 15 is 0 Å². The van der Waals surface area contributed by atoms with Crippen molar-refractivity contribution >= 4 is 35.3 Å². The van der Waals surface area contributed by atoms with Gasteiger partial charge in [-0.1, -0.05) is 31.5 Å². The van der Waals surface area contributed by atoms with E-state index in [1.807, 2.05) is 40.7 Å². The van der Waals surface area contributed by atoms with Crippen LogP contribution in [0.2, 0.25) is 5.02 Å². The van der Waals surface area contributed by atoms with Gasteiger partial charge in [0.05, 0.1) is 5.69 Å². The highest BCUT2D eigenvalue weighted by molar-refractivity contribution is 6.30. The lowest BCUT2D eigenvalue weighted by Gasteiger charge is -2.32. The highest BCUT2D eigenvalue weighted by Gasteiger charge is 2.36. The van der Waals surface area contributed by atoms with Crippen LogP contribution < -0.4 is 10.2 Å². The molecule has 3 amide bonds. The molecule has 1 aliphatic carbocycles. The Morgan fingerprint density at radius 2 is 1.86 bits per heavy atom. The monoisotopic (exact) mass is 606 g/mol. The van der Waals surface area contributed by atoms with Gasteiger partial charge in [-0.2, -0.15) is 5.10 Å². The minimum atomic E-state index is -0.585. The van der Waals surface area contributed by atoms with Gasteiger partial charge in [-0.25, -0.2) is 14.5 Å². The predicted octanol–water partition coefficient (Wildman–Crippen LogP) is 5.58. The standard InChI is InChI=1S/C30H33ClN6O4.C2H6/c1-30(2,3)41-29(40)35-11-9-19-16-32-24(13-20(19)17-35)36-12-10-23-25(27(38)33-15-18-7-8-18)34-37(26(23)28(36)39)22-6-4-5-21(31)14-22;1-2/h4-6,13-14,16,18H,7-12,15,17H2,1-3H3,(H,33,38);1-2H3. The van der Waals surface area contributed by atoms with E-state index in [1.165, 1.54) is 4.68 Å². The number of halogens is 1. The largest absolute Gasteiger partial charge is 0.444 e. The summed E-state index contributed by atoms with van der Waals surface area (Å²) in [5.41, 5.74) is 3.18. The van der Waals surface area contributed by atoms with E-state index in [1.54, 1.807) is 40.3 Å². The highest BCUT2D eigenvalue weighted by Crippen LogP contribution is 2.31. The summed E-state index contributed by atoms with van der Waals surface area (Å²) in [6.45, 7) is 11.4. The van der Waals surface area contributed by atoms with Gasteiger partial charge in [0, 0.05) is 43.0 Å². The van der Waals surface area contributed by atoms with Gasteiger partial charge in [-0.05, 0) is 87.8 Å². The molecule has 11 heteroatoms. The summed E-state index contributed by atoms with van der Waals surface area (Å²) in [5.74, 6) is 0.434. The summed E-state index contributed by atoms with van der Waals surface area (Å²) in [4.78, 5) is 47.9. The Balaban J connectivity index is 0.00000180. The van der Waals surface area contributed by atoms with Crippen LogP contribution in [-0.2, 0) is 24.1 Å². The molecule has 0 atom stereocenters. The molecule has 1 N–H and O–H groups in total. The minimum absolute atomic E-state index is 0.264. The van der Waals surface area contributed by atoms with Gasteiger partial charge in [0.1, 0.15) is 17.1 Å². The molecule has 0 bridgehead atoms. The number of hydrogen-bond acceptors (Lipinski definition) is 6. The van der Waals surface area contributed by atoms with E-state index in [0.717, 1.165) is 24.0 Å². The molecule has 4 heterocycles. The molecular formula is C32H39ClN6O4. The van der Waals surface area contributed by atoms with Crippen LogP contribution in [0.15, 0.2) is 36.5 Å². The van der Waals surface area contributed by atoms with Crippen LogP contribution >= 0.6 is 11.6 Å². The number of carbonyl (C=O) groups excluding carboxylic acids is 3. The molecule has 0 saturated heterocycles. The first-order valence-corrected chi connectivity index (χ1v) is 15.4. The topological polar surface area (TPSA) is 110 Å². The zero-order chi connectivity index (χ0) is 30.9. The molecule has 0 unspecified atom stereocenters. The second-order valence-electron chi connectivity index (χ2n) is 11.9. The van der Waals surface area contributed by atoms with Crippen LogP contribution in [0, 0.1) is 5.92 Å². The first-order chi connectivity index (χ1) is 20.6. The SMILES string of the molecule is CC.CC(C)(C)OC(=O)N1CCc2cnc(N3CCc4c(C(=O)NCC5CC5)nn(-c5cccc(Cl)c5)c4C3=O)cc2C1. The Hall–Kier alpha value is -3.92. The van der Waals surface area contributed by atoms with Gasteiger partial charge >= 0.3 is 6.09 Å². The summed E-state index contributed by atoms with van der Waals surface area (Å²) in [6, 6.07) is 8.92. The lowest BCUT2D eigenvalue weighted by Crippen LogP contribution is -2.41. The van der Waals surface area contributed by atoms with E-state index in [4.69, 9.17) is 16.3 Å². The van der Waals surface area contributed by atoms with Crippen LogP contribution in [0.5, 0.6) is 0 Å². The maximum absolute atomic E-state index is 14.1. The maximum Gasteiger partial charge on any atom is 0.410 e. The zero-order valence-corrected chi connectivity index (χ0v) is 26.2. The molecule has 10 nitrogen and oxygen atoms in total. The fourth-order valence-electron chi connectivity index (χ4n) is 5.25. The number of amides is 3. The van der Waals surface area contributed by atoms with Crippen LogP contribution in [0.25, 0.3) is 5.69 Å². The number of ether oxygens (including phenoxy) is 1.